The number of aryl methyl sites for hydroxylation is 1. The van der Waals surface area contributed by atoms with E-state index in [4.69, 9.17) is 9.84 Å². The summed E-state index contributed by atoms with van der Waals surface area (Å²) in [5, 5.41) is 11.6. The first-order valence-electron chi connectivity index (χ1n) is 7.33. The van der Waals surface area contributed by atoms with Gasteiger partial charge in [0.2, 0.25) is 5.91 Å². The molecule has 0 aliphatic heterocycles. The first kappa shape index (κ1) is 16.3. The van der Waals surface area contributed by atoms with Gasteiger partial charge in [0.25, 0.3) is 0 Å². The molecule has 22 heavy (non-hydrogen) atoms. The second kappa shape index (κ2) is 5.30. The van der Waals surface area contributed by atoms with Crippen LogP contribution in [0.25, 0.3) is 0 Å². The summed E-state index contributed by atoms with van der Waals surface area (Å²) < 4.78 is 5.12. The van der Waals surface area contributed by atoms with Crippen molar-refractivity contribution in [1.82, 2.24) is 0 Å². The minimum absolute atomic E-state index is 0.00444. The first-order chi connectivity index (χ1) is 10.1. The molecule has 0 aromatic heterocycles. The quantitative estimate of drug-likeness (QED) is 0.876. The molecule has 5 nitrogen and oxygen atoms in total. The van der Waals surface area contributed by atoms with Crippen molar-refractivity contribution in [3.05, 3.63) is 23.8 Å². The van der Waals surface area contributed by atoms with Crippen molar-refractivity contribution < 1.29 is 19.4 Å². The number of ether oxygens (including phenoxy) is 1. The number of carbonyl (C=O) groups excluding carboxylic acids is 1. The van der Waals surface area contributed by atoms with Crippen LogP contribution in [-0.4, -0.2) is 23.6 Å². The average molecular weight is 305 g/mol. The third kappa shape index (κ3) is 2.80. The number of hydrogen-bond donors (Lipinski definition) is 2. The maximum Gasteiger partial charge on any atom is 0.341 e. The Hall–Kier alpha value is -2.04. The number of benzene rings is 1. The minimum atomic E-state index is -1.02. The van der Waals surface area contributed by atoms with Gasteiger partial charge in [0.1, 0.15) is 5.75 Å². The molecule has 2 rings (SSSR count). The average Bonchev–Trinajstić information content (AvgIpc) is 2.80. The molecule has 0 bridgehead atoms. The number of amides is 1. The standard InChI is InChI=1S/C17H23NO4/c1-10-8-11(22-9-13(19)20)6-7-12(10)18-15(21)14-16(2,3)17(14,4)5/h6-8,14H,9H2,1-5H3,(H,18,21)(H,19,20). The largest absolute Gasteiger partial charge is 0.482 e. The highest BCUT2D eigenvalue weighted by molar-refractivity contribution is 5.96. The highest BCUT2D eigenvalue weighted by Crippen LogP contribution is 2.68. The molecule has 1 aliphatic rings. The van der Waals surface area contributed by atoms with Crippen LogP contribution in [0, 0.1) is 23.7 Å². The molecule has 0 spiro atoms. The van der Waals surface area contributed by atoms with E-state index >= 15 is 0 Å². The normalized spacial score (nSPS) is 18.6. The Morgan fingerprint density at radius 2 is 1.82 bits per heavy atom. The van der Waals surface area contributed by atoms with E-state index in [1.165, 1.54) is 0 Å². The molecular formula is C17H23NO4. The van der Waals surface area contributed by atoms with Gasteiger partial charge in [-0.2, -0.15) is 0 Å². The predicted octanol–water partition coefficient (Wildman–Crippen LogP) is 3.08. The van der Waals surface area contributed by atoms with E-state index in [1.807, 2.05) is 6.92 Å². The lowest BCUT2D eigenvalue weighted by Crippen LogP contribution is -2.18. The molecule has 0 saturated heterocycles. The molecule has 1 aliphatic carbocycles. The van der Waals surface area contributed by atoms with Gasteiger partial charge in [0, 0.05) is 11.6 Å². The lowest BCUT2D eigenvalue weighted by molar-refractivity contribution is -0.139. The van der Waals surface area contributed by atoms with Gasteiger partial charge in [-0.1, -0.05) is 27.7 Å². The molecule has 1 aromatic rings. The molecule has 0 unspecified atom stereocenters. The predicted molar refractivity (Wildman–Crippen MR) is 84.0 cm³/mol. The Bertz CT molecular complexity index is 605. The van der Waals surface area contributed by atoms with Crippen LogP contribution in [0.4, 0.5) is 5.69 Å². The van der Waals surface area contributed by atoms with E-state index in [-0.39, 0.29) is 29.3 Å². The van der Waals surface area contributed by atoms with E-state index in [0.717, 1.165) is 11.3 Å². The van der Waals surface area contributed by atoms with E-state index in [1.54, 1.807) is 18.2 Å². The number of hydrogen-bond acceptors (Lipinski definition) is 3. The molecule has 1 saturated carbocycles. The maximum atomic E-state index is 12.4. The Morgan fingerprint density at radius 1 is 1.23 bits per heavy atom. The molecule has 1 aromatic carbocycles. The lowest BCUT2D eigenvalue weighted by Gasteiger charge is -2.11. The van der Waals surface area contributed by atoms with Gasteiger partial charge < -0.3 is 15.2 Å². The Kier molecular flexibility index (Phi) is 3.94. The van der Waals surface area contributed by atoms with E-state index < -0.39 is 5.97 Å². The Balaban J connectivity index is 2.05. The maximum absolute atomic E-state index is 12.4. The van der Waals surface area contributed by atoms with Gasteiger partial charge >= 0.3 is 5.97 Å². The van der Waals surface area contributed by atoms with Gasteiger partial charge in [0.15, 0.2) is 6.61 Å². The van der Waals surface area contributed by atoms with Crippen LogP contribution in [0.5, 0.6) is 5.75 Å². The third-order valence-electron chi connectivity index (χ3n) is 5.10. The summed E-state index contributed by atoms with van der Waals surface area (Å²) in [5.41, 5.74) is 1.56. The van der Waals surface area contributed by atoms with Gasteiger partial charge in [-0.3, -0.25) is 4.79 Å². The molecule has 5 heteroatoms. The molecule has 120 valence electrons. The van der Waals surface area contributed by atoms with Gasteiger partial charge in [-0.25, -0.2) is 4.79 Å². The zero-order chi connectivity index (χ0) is 16.7. The monoisotopic (exact) mass is 305 g/mol. The molecule has 1 amide bonds. The topological polar surface area (TPSA) is 75.6 Å². The number of carbonyl (C=O) groups is 2. The summed E-state index contributed by atoms with van der Waals surface area (Å²) in [5.74, 6) is -0.530. The highest BCUT2D eigenvalue weighted by atomic mass is 16.5. The van der Waals surface area contributed by atoms with Crippen LogP contribution < -0.4 is 10.1 Å². The second-order valence-corrected chi connectivity index (χ2v) is 7.02. The number of rotatable bonds is 5. The zero-order valence-corrected chi connectivity index (χ0v) is 13.7. The SMILES string of the molecule is Cc1cc(OCC(=O)O)ccc1NC(=O)C1C(C)(C)C1(C)C. The molecule has 0 heterocycles. The molecule has 1 fully saturated rings. The van der Waals surface area contributed by atoms with Crippen molar-refractivity contribution in [3.63, 3.8) is 0 Å². The summed E-state index contributed by atoms with van der Waals surface area (Å²) in [6.45, 7) is 9.89. The molecule has 0 radical (unpaired) electrons. The van der Waals surface area contributed by atoms with Crippen LogP contribution in [0.1, 0.15) is 33.3 Å². The summed E-state index contributed by atoms with van der Waals surface area (Å²) in [7, 11) is 0. The summed E-state index contributed by atoms with van der Waals surface area (Å²) in [6, 6.07) is 5.13. The molecule has 2 N–H and O–H groups in total. The number of carboxylic acids is 1. The van der Waals surface area contributed by atoms with Crippen LogP contribution in [0.3, 0.4) is 0 Å². The fourth-order valence-corrected chi connectivity index (χ4v) is 3.07. The fourth-order valence-electron chi connectivity index (χ4n) is 3.07. The van der Waals surface area contributed by atoms with Crippen LogP contribution >= 0.6 is 0 Å². The van der Waals surface area contributed by atoms with Crippen LogP contribution in [0.2, 0.25) is 0 Å². The van der Waals surface area contributed by atoms with Crippen molar-refractivity contribution in [2.75, 3.05) is 11.9 Å². The van der Waals surface area contributed by atoms with E-state index in [9.17, 15) is 9.59 Å². The second-order valence-electron chi connectivity index (χ2n) is 7.02. The minimum Gasteiger partial charge on any atom is -0.482 e. The zero-order valence-electron chi connectivity index (χ0n) is 13.7. The van der Waals surface area contributed by atoms with Crippen molar-refractivity contribution in [2.45, 2.75) is 34.6 Å². The van der Waals surface area contributed by atoms with E-state index in [0.29, 0.717) is 5.75 Å². The number of nitrogens with one attached hydrogen (secondary N) is 1. The molecule has 0 atom stereocenters. The Morgan fingerprint density at radius 3 is 2.27 bits per heavy atom. The number of aliphatic carboxylic acids is 1. The number of anilines is 1. The third-order valence-corrected chi connectivity index (χ3v) is 5.10. The Labute approximate surface area is 130 Å². The van der Waals surface area contributed by atoms with Crippen molar-refractivity contribution in [3.8, 4) is 5.75 Å². The van der Waals surface area contributed by atoms with E-state index in [2.05, 4.69) is 33.0 Å². The molecular weight excluding hydrogens is 282 g/mol. The van der Waals surface area contributed by atoms with Gasteiger partial charge in [-0.15, -0.1) is 0 Å². The van der Waals surface area contributed by atoms with Crippen molar-refractivity contribution in [1.29, 1.82) is 0 Å². The fraction of sp³-hybridized carbons (Fsp3) is 0.529. The summed E-state index contributed by atoms with van der Waals surface area (Å²) in [6.07, 6.45) is 0. The summed E-state index contributed by atoms with van der Waals surface area (Å²) in [4.78, 5) is 22.9. The van der Waals surface area contributed by atoms with Crippen LogP contribution in [-0.2, 0) is 9.59 Å². The van der Waals surface area contributed by atoms with Crippen LogP contribution in [0.15, 0.2) is 18.2 Å². The first-order valence-corrected chi connectivity index (χ1v) is 7.33. The van der Waals surface area contributed by atoms with Crippen molar-refractivity contribution >= 4 is 17.6 Å². The number of carboxylic acid groups (broad SMARTS) is 1. The van der Waals surface area contributed by atoms with Gasteiger partial charge in [0.05, 0.1) is 0 Å². The summed E-state index contributed by atoms with van der Waals surface area (Å²) >= 11 is 0. The highest BCUT2D eigenvalue weighted by Gasteiger charge is 2.68. The lowest BCUT2D eigenvalue weighted by atomic mass is 10.0. The van der Waals surface area contributed by atoms with Crippen molar-refractivity contribution in [2.24, 2.45) is 16.7 Å². The smallest absolute Gasteiger partial charge is 0.341 e. The van der Waals surface area contributed by atoms with Gasteiger partial charge in [-0.05, 0) is 41.5 Å².